The summed E-state index contributed by atoms with van der Waals surface area (Å²) in [5, 5.41) is 0. The van der Waals surface area contributed by atoms with Crippen molar-refractivity contribution >= 4 is 21.8 Å². The van der Waals surface area contributed by atoms with Crippen molar-refractivity contribution in [3.05, 3.63) is 59.4 Å². The summed E-state index contributed by atoms with van der Waals surface area (Å²) in [7, 11) is -3.70. The van der Waals surface area contributed by atoms with Gasteiger partial charge in [0, 0.05) is 25.4 Å². The second-order valence-corrected chi connectivity index (χ2v) is 7.40. The SMILES string of the molecule is Cc1ccc(S(=O)(=O)NCCC(=O)NNC(=O)c2cccnc2)cc1C. The predicted molar refractivity (Wildman–Crippen MR) is 95.6 cm³/mol. The first-order chi connectivity index (χ1) is 12.3. The van der Waals surface area contributed by atoms with Gasteiger partial charge in [-0.05, 0) is 49.2 Å². The van der Waals surface area contributed by atoms with E-state index in [2.05, 4.69) is 20.6 Å². The Hall–Kier alpha value is -2.78. The minimum atomic E-state index is -3.70. The van der Waals surface area contributed by atoms with Gasteiger partial charge in [0.2, 0.25) is 15.9 Å². The minimum absolute atomic E-state index is 0.0934. The number of pyridine rings is 1. The molecule has 1 aromatic carbocycles. The Morgan fingerprint density at radius 1 is 1.08 bits per heavy atom. The number of carbonyl (C=O) groups is 2. The monoisotopic (exact) mass is 376 g/mol. The molecule has 1 aromatic heterocycles. The highest BCUT2D eigenvalue weighted by Gasteiger charge is 2.15. The Morgan fingerprint density at radius 3 is 2.50 bits per heavy atom. The van der Waals surface area contributed by atoms with E-state index in [4.69, 9.17) is 0 Å². The molecule has 2 aromatic rings. The molecule has 0 atom stereocenters. The second-order valence-electron chi connectivity index (χ2n) is 5.64. The summed E-state index contributed by atoms with van der Waals surface area (Å²) < 4.78 is 26.8. The average Bonchev–Trinajstić information content (AvgIpc) is 2.62. The molecule has 0 aliphatic heterocycles. The molecule has 0 aliphatic rings. The van der Waals surface area contributed by atoms with Gasteiger partial charge in [0.15, 0.2) is 0 Å². The van der Waals surface area contributed by atoms with E-state index in [-0.39, 0.29) is 17.9 Å². The van der Waals surface area contributed by atoms with Gasteiger partial charge in [0.1, 0.15) is 0 Å². The molecule has 1 heterocycles. The molecule has 26 heavy (non-hydrogen) atoms. The van der Waals surface area contributed by atoms with Crippen LogP contribution in [0.3, 0.4) is 0 Å². The normalized spacial score (nSPS) is 11.0. The van der Waals surface area contributed by atoms with Crippen molar-refractivity contribution in [1.29, 1.82) is 0 Å². The number of hydrazine groups is 1. The second kappa shape index (κ2) is 8.54. The van der Waals surface area contributed by atoms with Crippen molar-refractivity contribution in [2.24, 2.45) is 0 Å². The lowest BCUT2D eigenvalue weighted by atomic mass is 10.1. The minimum Gasteiger partial charge on any atom is -0.273 e. The molecule has 2 amide bonds. The van der Waals surface area contributed by atoms with Gasteiger partial charge in [-0.25, -0.2) is 13.1 Å². The molecule has 0 aliphatic carbocycles. The van der Waals surface area contributed by atoms with Crippen molar-refractivity contribution in [2.45, 2.75) is 25.2 Å². The van der Waals surface area contributed by atoms with E-state index in [9.17, 15) is 18.0 Å². The Morgan fingerprint density at radius 2 is 1.85 bits per heavy atom. The number of rotatable bonds is 6. The molecule has 0 unspecified atom stereocenters. The van der Waals surface area contributed by atoms with E-state index in [1.807, 2.05) is 13.8 Å². The highest BCUT2D eigenvalue weighted by molar-refractivity contribution is 7.89. The Kier molecular flexibility index (Phi) is 6.42. The molecule has 9 heteroatoms. The lowest BCUT2D eigenvalue weighted by molar-refractivity contribution is -0.121. The summed E-state index contributed by atoms with van der Waals surface area (Å²) in [6.45, 7) is 3.62. The van der Waals surface area contributed by atoms with E-state index in [0.717, 1.165) is 11.1 Å². The largest absolute Gasteiger partial charge is 0.273 e. The van der Waals surface area contributed by atoms with Crippen LogP contribution in [0.4, 0.5) is 0 Å². The van der Waals surface area contributed by atoms with Crippen molar-refractivity contribution in [3.63, 3.8) is 0 Å². The molecule has 138 valence electrons. The van der Waals surface area contributed by atoms with Gasteiger partial charge < -0.3 is 0 Å². The third kappa shape index (κ3) is 5.36. The number of hydrogen-bond acceptors (Lipinski definition) is 5. The van der Waals surface area contributed by atoms with Crippen LogP contribution in [0.15, 0.2) is 47.6 Å². The van der Waals surface area contributed by atoms with Crippen LogP contribution in [-0.4, -0.2) is 31.8 Å². The third-order valence-corrected chi connectivity index (χ3v) is 5.13. The highest BCUT2D eigenvalue weighted by atomic mass is 32.2. The van der Waals surface area contributed by atoms with Crippen molar-refractivity contribution in [1.82, 2.24) is 20.6 Å². The van der Waals surface area contributed by atoms with Crippen molar-refractivity contribution < 1.29 is 18.0 Å². The molecule has 0 radical (unpaired) electrons. The average molecular weight is 376 g/mol. The van der Waals surface area contributed by atoms with Crippen LogP contribution in [0.2, 0.25) is 0 Å². The number of nitrogens with zero attached hydrogens (tertiary/aromatic N) is 1. The number of hydrogen-bond donors (Lipinski definition) is 3. The van der Waals surface area contributed by atoms with Gasteiger partial charge in [0.25, 0.3) is 5.91 Å². The smallest absolute Gasteiger partial charge is 0.271 e. The Labute approximate surface area is 152 Å². The molecule has 3 N–H and O–H groups in total. The summed E-state index contributed by atoms with van der Waals surface area (Å²) in [6, 6.07) is 7.96. The molecular formula is C17H20N4O4S. The van der Waals surface area contributed by atoms with Crippen molar-refractivity contribution in [2.75, 3.05) is 6.54 Å². The third-order valence-electron chi connectivity index (χ3n) is 3.67. The zero-order valence-corrected chi connectivity index (χ0v) is 15.3. The van der Waals surface area contributed by atoms with Crippen LogP contribution in [0.1, 0.15) is 27.9 Å². The zero-order valence-electron chi connectivity index (χ0n) is 14.4. The number of sulfonamides is 1. The van der Waals surface area contributed by atoms with Gasteiger partial charge in [-0.2, -0.15) is 0 Å². The topological polar surface area (TPSA) is 117 Å². The number of nitrogens with one attached hydrogen (secondary N) is 3. The highest BCUT2D eigenvalue weighted by Crippen LogP contribution is 2.14. The van der Waals surface area contributed by atoms with E-state index < -0.39 is 21.8 Å². The van der Waals surface area contributed by atoms with Crippen molar-refractivity contribution in [3.8, 4) is 0 Å². The molecule has 8 nitrogen and oxygen atoms in total. The van der Waals surface area contributed by atoms with Gasteiger partial charge in [-0.15, -0.1) is 0 Å². The molecule has 0 saturated heterocycles. The fourth-order valence-corrected chi connectivity index (χ4v) is 3.14. The summed E-state index contributed by atoms with van der Waals surface area (Å²) in [6.07, 6.45) is 2.76. The number of carbonyl (C=O) groups excluding carboxylic acids is 2. The van der Waals surface area contributed by atoms with Crippen LogP contribution in [0.5, 0.6) is 0 Å². The van der Waals surface area contributed by atoms with Crippen LogP contribution in [0.25, 0.3) is 0 Å². The van der Waals surface area contributed by atoms with Gasteiger partial charge >= 0.3 is 0 Å². The first-order valence-electron chi connectivity index (χ1n) is 7.86. The molecule has 0 saturated carbocycles. The van der Waals surface area contributed by atoms with E-state index >= 15 is 0 Å². The summed E-state index contributed by atoms with van der Waals surface area (Å²) >= 11 is 0. The first kappa shape index (κ1) is 19.5. The van der Waals surface area contributed by atoms with Gasteiger partial charge in [0.05, 0.1) is 10.5 Å². The standard InChI is InChI=1S/C17H20N4O4S/c1-12-5-6-15(10-13(12)2)26(24,25)19-9-7-16(22)20-21-17(23)14-4-3-8-18-11-14/h3-6,8,10-11,19H,7,9H2,1-2H3,(H,20,22)(H,21,23). The molecule has 0 spiro atoms. The number of amides is 2. The summed E-state index contributed by atoms with van der Waals surface area (Å²) in [5.41, 5.74) is 6.61. The van der Waals surface area contributed by atoms with Gasteiger partial charge in [-0.1, -0.05) is 6.07 Å². The lowest BCUT2D eigenvalue weighted by Gasteiger charge is -2.09. The molecule has 2 rings (SSSR count). The number of aromatic nitrogens is 1. The summed E-state index contributed by atoms with van der Waals surface area (Å²) in [5.74, 6) is -1.04. The van der Waals surface area contributed by atoms with Crippen LogP contribution in [0, 0.1) is 13.8 Å². The summed E-state index contributed by atoms with van der Waals surface area (Å²) in [4.78, 5) is 27.4. The zero-order chi connectivity index (χ0) is 19.2. The number of aryl methyl sites for hydroxylation is 2. The quantitative estimate of drug-likeness (QED) is 0.646. The molecule has 0 bridgehead atoms. The molecular weight excluding hydrogens is 356 g/mol. The van der Waals surface area contributed by atoms with Crippen LogP contribution < -0.4 is 15.6 Å². The van der Waals surface area contributed by atoms with E-state index in [1.54, 1.807) is 24.3 Å². The maximum absolute atomic E-state index is 12.2. The lowest BCUT2D eigenvalue weighted by Crippen LogP contribution is -2.42. The first-order valence-corrected chi connectivity index (χ1v) is 9.34. The van der Waals surface area contributed by atoms with E-state index in [0.29, 0.717) is 5.56 Å². The molecule has 0 fully saturated rings. The van der Waals surface area contributed by atoms with Crippen LogP contribution in [-0.2, 0) is 14.8 Å². The maximum atomic E-state index is 12.2. The Balaban J connectivity index is 1.80. The van der Waals surface area contributed by atoms with Crippen LogP contribution >= 0.6 is 0 Å². The van der Waals surface area contributed by atoms with E-state index in [1.165, 1.54) is 18.5 Å². The maximum Gasteiger partial charge on any atom is 0.271 e. The predicted octanol–water partition coefficient (Wildman–Crippen LogP) is 0.828. The van der Waals surface area contributed by atoms with Gasteiger partial charge in [-0.3, -0.25) is 25.4 Å². The number of benzene rings is 1. The fraction of sp³-hybridized carbons (Fsp3) is 0.235. The fourth-order valence-electron chi connectivity index (χ4n) is 2.02. The Bertz CT molecular complexity index is 898.